The summed E-state index contributed by atoms with van der Waals surface area (Å²) < 4.78 is 11.5. The molecule has 88 valence electrons. The minimum Gasteiger partial charge on any atom is -0.487 e. The van der Waals surface area contributed by atoms with E-state index in [-0.39, 0.29) is 6.10 Å². The summed E-state index contributed by atoms with van der Waals surface area (Å²) in [6, 6.07) is 5.91. The van der Waals surface area contributed by atoms with Crippen molar-refractivity contribution in [3.8, 4) is 11.5 Å². The predicted molar refractivity (Wildman–Crippen MR) is 63.7 cm³/mol. The van der Waals surface area contributed by atoms with E-state index in [9.17, 15) is 0 Å². The first-order valence-corrected chi connectivity index (χ1v) is 5.85. The number of ether oxygens (including phenoxy) is 2. The fraction of sp³-hybridized carbons (Fsp3) is 0.538. The third-order valence-electron chi connectivity index (χ3n) is 2.42. The van der Waals surface area contributed by atoms with E-state index in [2.05, 4.69) is 0 Å². The zero-order valence-corrected chi connectivity index (χ0v) is 9.90. The van der Waals surface area contributed by atoms with Crippen molar-refractivity contribution in [1.82, 2.24) is 0 Å². The van der Waals surface area contributed by atoms with Crippen molar-refractivity contribution in [3.05, 3.63) is 23.8 Å². The Balaban J connectivity index is 2.19. The van der Waals surface area contributed by atoms with Crippen molar-refractivity contribution in [3.63, 3.8) is 0 Å². The fourth-order valence-electron chi connectivity index (χ4n) is 1.49. The number of hydrogen-bond acceptors (Lipinski definition) is 3. The maximum absolute atomic E-state index is 5.82. The van der Waals surface area contributed by atoms with Gasteiger partial charge in [-0.05, 0) is 44.4 Å². The van der Waals surface area contributed by atoms with Gasteiger partial charge in [-0.25, -0.2) is 0 Å². The first-order valence-electron chi connectivity index (χ1n) is 5.85. The van der Waals surface area contributed by atoms with Crippen LogP contribution >= 0.6 is 0 Å². The lowest BCUT2D eigenvalue weighted by Gasteiger charge is -2.15. The Morgan fingerprint density at radius 3 is 2.62 bits per heavy atom. The Bertz CT molecular complexity index is 359. The van der Waals surface area contributed by atoms with Gasteiger partial charge in [-0.3, -0.25) is 0 Å². The minimum atomic E-state index is 0.158. The molecule has 2 rings (SSSR count). The quantitative estimate of drug-likeness (QED) is 0.830. The third kappa shape index (κ3) is 2.89. The molecule has 0 bridgehead atoms. The summed E-state index contributed by atoms with van der Waals surface area (Å²) in [7, 11) is 0. The molecule has 0 spiro atoms. The summed E-state index contributed by atoms with van der Waals surface area (Å²) in [4.78, 5) is 0. The number of benzene rings is 1. The van der Waals surface area contributed by atoms with E-state index < -0.39 is 0 Å². The number of rotatable bonds is 5. The molecule has 0 aliphatic heterocycles. The monoisotopic (exact) mass is 221 g/mol. The fourth-order valence-corrected chi connectivity index (χ4v) is 1.49. The zero-order chi connectivity index (χ0) is 11.5. The van der Waals surface area contributed by atoms with Crippen LogP contribution in [0.1, 0.15) is 32.3 Å². The second-order valence-electron chi connectivity index (χ2n) is 4.47. The standard InChI is InChI=1S/C13H19NO2/c1-9(2)15-12-6-3-10(8-14)7-13(12)16-11-4-5-11/h3,6-7,9,11H,4-5,8,14H2,1-2H3. The molecule has 1 saturated carbocycles. The van der Waals surface area contributed by atoms with E-state index in [0.717, 1.165) is 29.9 Å². The maximum atomic E-state index is 5.82. The average Bonchev–Trinajstić information content (AvgIpc) is 3.04. The highest BCUT2D eigenvalue weighted by Crippen LogP contribution is 2.34. The Morgan fingerprint density at radius 2 is 2.06 bits per heavy atom. The second kappa shape index (κ2) is 4.74. The van der Waals surface area contributed by atoms with Crippen LogP contribution in [0, 0.1) is 0 Å². The van der Waals surface area contributed by atoms with Crippen molar-refractivity contribution < 1.29 is 9.47 Å². The normalized spacial score (nSPS) is 15.2. The van der Waals surface area contributed by atoms with Crippen LogP contribution < -0.4 is 15.2 Å². The van der Waals surface area contributed by atoms with E-state index >= 15 is 0 Å². The molecule has 0 radical (unpaired) electrons. The predicted octanol–water partition coefficient (Wildman–Crippen LogP) is 2.47. The van der Waals surface area contributed by atoms with Crippen LogP contribution in [0.3, 0.4) is 0 Å². The summed E-state index contributed by atoms with van der Waals surface area (Å²) >= 11 is 0. The first-order chi connectivity index (χ1) is 7.69. The van der Waals surface area contributed by atoms with Crippen LogP contribution in [0.2, 0.25) is 0 Å². The molecule has 0 unspecified atom stereocenters. The number of hydrogen-bond donors (Lipinski definition) is 1. The maximum Gasteiger partial charge on any atom is 0.161 e. The Hall–Kier alpha value is -1.22. The highest BCUT2D eigenvalue weighted by atomic mass is 16.5. The van der Waals surface area contributed by atoms with Gasteiger partial charge in [-0.2, -0.15) is 0 Å². The lowest BCUT2D eigenvalue weighted by molar-refractivity contribution is 0.217. The van der Waals surface area contributed by atoms with Crippen molar-refractivity contribution in [2.45, 2.75) is 45.4 Å². The molecule has 0 heterocycles. The smallest absolute Gasteiger partial charge is 0.161 e. The molecule has 0 aromatic heterocycles. The molecule has 0 atom stereocenters. The summed E-state index contributed by atoms with van der Waals surface area (Å²) in [5.74, 6) is 1.65. The van der Waals surface area contributed by atoms with Gasteiger partial charge >= 0.3 is 0 Å². The molecule has 2 N–H and O–H groups in total. The molecule has 1 fully saturated rings. The molecule has 3 heteroatoms. The Kier molecular flexibility index (Phi) is 3.34. The summed E-state index contributed by atoms with van der Waals surface area (Å²) in [6.07, 6.45) is 2.83. The molecule has 0 saturated heterocycles. The van der Waals surface area contributed by atoms with Gasteiger partial charge in [0.05, 0.1) is 12.2 Å². The van der Waals surface area contributed by atoms with Crippen LogP contribution in [-0.2, 0) is 6.54 Å². The van der Waals surface area contributed by atoms with Crippen LogP contribution in [-0.4, -0.2) is 12.2 Å². The summed E-state index contributed by atoms with van der Waals surface area (Å²) in [5.41, 5.74) is 6.70. The van der Waals surface area contributed by atoms with Crippen LogP contribution in [0.5, 0.6) is 11.5 Å². The molecule has 1 aromatic carbocycles. The SMILES string of the molecule is CC(C)Oc1ccc(CN)cc1OC1CC1. The lowest BCUT2D eigenvalue weighted by atomic mass is 10.2. The minimum absolute atomic E-state index is 0.158. The summed E-state index contributed by atoms with van der Waals surface area (Å²) in [5, 5.41) is 0. The highest BCUT2D eigenvalue weighted by Gasteiger charge is 2.25. The van der Waals surface area contributed by atoms with Crippen LogP contribution in [0.4, 0.5) is 0 Å². The van der Waals surface area contributed by atoms with Gasteiger partial charge in [-0.15, -0.1) is 0 Å². The number of nitrogens with two attached hydrogens (primary N) is 1. The second-order valence-corrected chi connectivity index (χ2v) is 4.47. The highest BCUT2D eigenvalue weighted by molar-refractivity contribution is 5.43. The van der Waals surface area contributed by atoms with E-state index in [0.29, 0.717) is 12.6 Å². The Labute approximate surface area is 96.5 Å². The van der Waals surface area contributed by atoms with Crippen molar-refractivity contribution in [2.75, 3.05) is 0 Å². The molecule has 3 nitrogen and oxygen atoms in total. The van der Waals surface area contributed by atoms with Crippen LogP contribution in [0.25, 0.3) is 0 Å². The molecular weight excluding hydrogens is 202 g/mol. The van der Waals surface area contributed by atoms with Gasteiger partial charge in [0, 0.05) is 6.54 Å². The van der Waals surface area contributed by atoms with E-state index in [1.165, 1.54) is 0 Å². The third-order valence-corrected chi connectivity index (χ3v) is 2.42. The molecule has 1 aromatic rings. The van der Waals surface area contributed by atoms with Crippen molar-refractivity contribution in [2.24, 2.45) is 5.73 Å². The van der Waals surface area contributed by atoms with Crippen LogP contribution in [0.15, 0.2) is 18.2 Å². The largest absolute Gasteiger partial charge is 0.487 e. The van der Waals surface area contributed by atoms with Crippen molar-refractivity contribution >= 4 is 0 Å². The first kappa shape index (κ1) is 11.3. The van der Waals surface area contributed by atoms with E-state index in [1.54, 1.807) is 0 Å². The lowest BCUT2D eigenvalue weighted by Crippen LogP contribution is -2.08. The van der Waals surface area contributed by atoms with Gasteiger partial charge in [0.15, 0.2) is 11.5 Å². The molecule has 16 heavy (non-hydrogen) atoms. The van der Waals surface area contributed by atoms with Crippen molar-refractivity contribution in [1.29, 1.82) is 0 Å². The van der Waals surface area contributed by atoms with Gasteiger partial charge in [0.2, 0.25) is 0 Å². The van der Waals surface area contributed by atoms with Gasteiger partial charge < -0.3 is 15.2 Å². The molecule has 1 aliphatic carbocycles. The topological polar surface area (TPSA) is 44.5 Å². The summed E-state index contributed by atoms with van der Waals surface area (Å²) in [6.45, 7) is 4.55. The van der Waals surface area contributed by atoms with Gasteiger partial charge in [0.25, 0.3) is 0 Å². The molecule has 0 amide bonds. The van der Waals surface area contributed by atoms with Gasteiger partial charge in [-0.1, -0.05) is 6.07 Å². The average molecular weight is 221 g/mol. The Morgan fingerprint density at radius 1 is 1.31 bits per heavy atom. The van der Waals surface area contributed by atoms with E-state index in [4.69, 9.17) is 15.2 Å². The molecular formula is C13H19NO2. The zero-order valence-electron chi connectivity index (χ0n) is 9.90. The van der Waals surface area contributed by atoms with E-state index in [1.807, 2.05) is 32.0 Å². The van der Waals surface area contributed by atoms with Gasteiger partial charge in [0.1, 0.15) is 0 Å². The molecule has 1 aliphatic rings.